The Kier molecular flexibility index (Phi) is 3.41. The van der Waals surface area contributed by atoms with Gasteiger partial charge < -0.3 is 5.32 Å². The number of carbonyl (C=O) groups is 1. The Labute approximate surface area is 108 Å². The number of amides is 1. The fourth-order valence-electron chi connectivity index (χ4n) is 1.86. The van der Waals surface area contributed by atoms with Gasteiger partial charge in [0.05, 0.1) is 0 Å². The highest BCUT2D eigenvalue weighted by Gasteiger charge is 2.28. The van der Waals surface area contributed by atoms with Crippen LogP contribution in [0.5, 0.6) is 0 Å². The van der Waals surface area contributed by atoms with Crippen molar-refractivity contribution < 1.29 is 4.79 Å². The molecule has 1 saturated carbocycles. The third-order valence-electron chi connectivity index (χ3n) is 3.41. The van der Waals surface area contributed by atoms with Gasteiger partial charge in [0, 0.05) is 12.0 Å². The normalized spacial score (nSPS) is 17.6. The fourth-order valence-corrected chi connectivity index (χ4v) is 1.86. The molecule has 1 unspecified atom stereocenters. The monoisotopic (exact) mass is 250 g/mol. The van der Waals surface area contributed by atoms with Crippen molar-refractivity contribution in [2.75, 3.05) is 6.54 Å². The summed E-state index contributed by atoms with van der Waals surface area (Å²) in [5.74, 6) is 2.14. The molecule has 0 bridgehead atoms. The van der Waals surface area contributed by atoms with Crippen molar-refractivity contribution in [3.8, 4) is 0 Å². The molecular formula is C13H22N4O. The highest BCUT2D eigenvalue weighted by Crippen LogP contribution is 2.36. The van der Waals surface area contributed by atoms with Crippen LogP contribution in [0.3, 0.4) is 0 Å². The van der Waals surface area contributed by atoms with Crippen molar-refractivity contribution in [2.45, 2.75) is 46.0 Å². The molecule has 2 rings (SSSR count). The molecule has 5 heteroatoms. The molecule has 2 N–H and O–H groups in total. The van der Waals surface area contributed by atoms with E-state index >= 15 is 0 Å². The Balaban J connectivity index is 1.90. The summed E-state index contributed by atoms with van der Waals surface area (Å²) in [7, 11) is 0. The van der Waals surface area contributed by atoms with Gasteiger partial charge in [-0.25, -0.2) is 4.98 Å². The minimum absolute atomic E-state index is 0.118. The van der Waals surface area contributed by atoms with Gasteiger partial charge in [0.2, 0.25) is 5.82 Å². The Hall–Kier alpha value is -1.39. The van der Waals surface area contributed by atoms with E-state index in [9.17, 15) is 4.79 Å². The quantitative estimate of drug-likeness (QED) is 0.857. The molecule has 1 amide bonds. The Morgan fingerprint density at radius 1 is 1.50 bits per heavy atom. The zero-order valence-corrected chi connectivity index (χ0v) is 11.6. The van der Waals surface area contributed by atoms with Gasteiger partial charge in [0.25, 0.3) is 5.91 Å². The van der Waals surface area contributed by atoms with Crippen molar-refractivity contribution in [1.82, 2.24) is 20.5 Å². The number of nitrogens with one attached hydrogen (secondary N) is 2. The zero-order valence-electron chi connectivity index (χ0n) is 11.6. The average molecular weight is 250 g/mol. The number of carbonyl (C=O) groups excluding carboxylic acids is 1. The van der Waals surface area contributed by atoms with E-state index in [4.69, 9.17) is 0 Å². The third kappa shape index (κ3) is 3.09. The maximum atomic E-state index is 11.9. The molecule has 1 aromatic rings. The molecule has 1 aromatic heterocycles. The topological polar surface area (TPSA) is 70.7 Å². The van der Waals surface area contributed by atoms with Crippen molar-refractivity contribution in [3.05, 3.63) is 11.6 Å². The van der Waals surface area contributed by atoms with Crippen LogP contribution in [0.4, 0.5) is 0 Å². The highest BCUT2D eigenvalue weighted by atomic mass is 16.2. The molecule has 0 aromatic carbocycles. The molecule has 1 fully saturated rings. The van der Waals surface area contributed by atoms with Gasteiger partial charge in [0.15, 0.2) is 0 Å². The summed E-state index contributed by atoms with van der Waals surface area (Å²) in [4.78, 5) is 16.1. The van der Waals surface area contributed by atoms with Gasteiger partial charge in [0.1, 0.15) is 5.82 Å². The van der Waals surface area contributed by atoms with Crippen LogP contribution in [-0.2, 0) is 5.41 Å². The van der Waals surface area contributed by atoms with Crippen molar-refractivity contribution in [1.29, 1.82) is 0 Å². The molecule has 100 valence electrons. The van der Waals surface area contributed by atoms with E-state index in [-0.39, 0.29) is 17.1 Å². The van der Waals surface area contributed by atoms with Gasteiger partial charge in [-0.2, -0.15) is 0 Å². The van der Waals surface area contributed by atoms with E-state index < -0.39 is 0 Å². The number of aromatic nitrogens is 3. The smallest absolute Gasteiger partial charge is 0.290 e. The van der Waals surface area contributed by atoms with Gasteiger partial charge >= 0.3 is 0 Å². The second-order valence-corrected chi connectivity index (χ2v) is 6.28. The van der Waals surface area contributed by atoms with E-state index in [2.05, 4.69) is 27.4 Å². The first-order valence-electron chi connectivity index (χ1n) is 6.59. The van der Waals surface area contributed by atoms with Crippen LogP contribution in [0.25, 0.3) is 0 Å². The summed E-state index contributed by atoms with van der Waals surface area (Å²) in [5.41, 5.74) is -0.118. The summed E-state index contributed by atoms with van der Waals surface area (Å²) in [6.45, 7) is 8.98. The molecule has 1 aliphatic rings. The maximum absolute atomic E-state index is 11.9. The minimum Gasteiger partial charge on any atom is -0.349 e. The van der Waals surface area contributed by atoms with E-state index in [1.807, 2.05) is 20.8 Å². The summed E-state index contributed by atoms with van der Waals surface area (Å²) < 4.78 is 0. The van der Waals surface area contributed by atoms with Gasteiger partial charge in [-0.05, 0) is 24.7 Å². The first kappa shape index (κ1) is 13.1. The number of nitrogens with zero attached hydrogens (tertiary/aromatic N) is 2. The lowest BCUT2D eigenvalue weighted by molar-refractivity contribution is 0.0936. The zero-order chi connectivity index (χ0) is 13.3. The fraction of sp³-hybridized carbons (Fsp3) is 0.769. The second-order valence-electron chi connectivity index (χ2n) is 6.28. The number of rotatable bonds is 4. The largest absolute Gasteiger partial charge is 0.349 e. The highest BCUT2D eigenvalue weighted by molar-refractivity contribution is 5.90. The predicted molar refractivity (Wildman–Crippen MR) is 69.3 cm³/mol. The van der Waals surface area contributed by atoms with Crippen LogP contribution in [0, 0.1) is 11.8 Å². The standard InChI is InChI=1S/C13H22N4O/c1-8(9-5-6-9)7-14-11(18)10-15-12(17-16-10)13(2,3)4/h8-9H,5-7H2,1-4H3,(H,14,18)(H,15,16,17). The number of hydrogen-bond donors (Lipinski definition) is 2. The number of H-pyrrole nitrogens is 1. The summed E-state index contributed by atoms with van der Waals surface area (Å²) in [6, 6.07) is 0. The number of aromatic amines is 1. The second kappa shape index (κ2) is 4.71. The molecule has 0 spiro atoms. The average Bonchev–Trinajstić information content (AvgIpc) is 3.00. The van der Waals surface area contributed by atoms with Crippen LogP contribution in [0.1, 0.15) is 57.0 Å². The molecule has 0 radical (unpaired) electrons. The third-order valence-corrected chi connectivity index (χ3v) is 3.41. The van der Waals surface area contributed by atoms with Gasteiger partial charge in [-0.15, -0.1) is 5.10 Å². The number of hydrogen-bond acceptors (Lipinski definition) is 3. The SMILES string of the molecule is CC(CNC(=O)c1n[nH]c(C(C)(C)C)n1)C1CC1. The van der Waals surface area contributed by atoms with Crippen LogP contribution in [0.2, 0.25) is 0 Å². The Morgan fingerprint density at radius 2 is 2.17 bits per heavy atom. The maximum Gasteiger partial charge on any atom is 0.290 e. The molecule has 18 heavy (non-hydrogen) atoms. The van der Waals surface area contributed by atoms with Crippen LogP contribution >= 0.6 is 0 Å². The predicted octanol–water partition coefficient (Wildman–Crippen LogP) is 1.88. The van der Waals surface area contributed by atoms with Gasteiger partial charge in [-0.1, -0.05) is 27.7 Å². The molecule has 0 aliphatic heterocycles. The van der Waals surface area contributed by atoms with Crippen molar-refractivity contribution >= 4 is 5.91 Å². The van der Waals surface area contributed by atoms with Crippen LogP contribution in [0.15, 0.2) is 0 Å². The molecule has 1 heterocycles. The lowest BCUT2D eigenvalue weighted by Gasteiger charge is -2.13. The molecular weight excluding hydrogens is 228 g/mol. The molecule has 0 saturated heterocycles. The lowest BCUT2D eigenvalue weighted by atomic mass is 9.96. The van der Waals surface area contributed by atoms with E-state index in [0.717, 1.165) is 11.7 Å². The van der Waals surface area contributed by atoms with Gasteiger partial charge in [-0.3, -0.25) is 9.89 Å². The first-order valence-corrected chi connectivity index (χ1v) is 6.59. The molecule has 1 atom stereocenters. The summed E-state index contributed by atoms with van der Waals surface area (Å²) >= 11 is 0. The summed E-state index contributed by atoms with van der Waals surface area (Å²) in [6.07, 6.45) is 2.59. The Morgan fingerprint density at radius 3 is 2.67 bits per heavy atom. The molecule has 1 aliphatic carbocycles. The van der Waals surface area contributed by atoms with Crippen molar-refractivity contribution in [2.24, 2.45) is 11.8 Å². The summed E-state index contributed by atoms with van der Waals surface area (Å²) in [5, 5.41) is 9.70. The Bertz CT molecular complexity index is 428. The molecule has 5 nitrogen and oxygen atoms in total. The van der Waals surface area contributed by atoms with E-state index in [0.29, 0.717) is 12.5 Å². The van der Waals surface area contributed by atoms with Crippen LogP contribution in [-0.4, -0.2) is 27.6 Å². The first-order chi connectivity index (χ1) is 8.38. The van der Waals surface area contributed by atoms with Crippen molar-refractivity contribution in [3.63, 3.8) is 0 Å². The van der Waals surface area contributed by atoms with Crippen LogP contribution < -0.4 is 5.32 Å². The van der Waals surface area contributed by atoms with E-state index in [1.54, 1.807) is 0 Å². The minimum atomic E-state index is -0.186. The lowest BCUT2D eigenvalue weighted by Crippen LogP contribution is -2.30. The van der Waals surface area contributed by atoms with E-state index in [1.165, 1.54) is 12.8 Å².